The molecule has 0 radical (unpaired) electrons. The standard InChI is InChI=1S/C36H37FN6O3S/c1-24-32(47-33(40-24)27-10-5-6-11-29(27)37)35(45)43-17-13-26(28(20-43)25-8-3-2-4-9-25)34(44)42-18-14-36(46,15-19-42)22-41-21-31-30(39-23-41)12-7-16-38-31/h2-12,16,21,26,28,46H,13-15,17-20,22-23H2,1H3/t26-,28+/m1/s1. The molecule has 0 aliphatic carbocycles. The number of halogens is 1. The molecule has 2 aromatic carbocycles. The summed E-state index contributed by atoms with van der Waals surface area (Å²) in [6, 6.07) is 20.2. The molecule has 0 saturated carbocycles. The second kappa shape index (κ2) is 13.0. The van der Waals surface area contributed by atoms with Crippen LogP contribution in [0.25, 0.3) is 16.8 Å². The highest BCUT2D eigenvalue weighted by molar-refractivity contribution is 7.17. The van der Waals surface area contributed by atoms with E-state index in [0.29, 0.717) is 79.8 Å². The first-order valence-corrected chi connectivity index (χ1v) is 16.9. The fourth-order valence-electron chi connectivity index (χ4n) is 6.99. The molecule has 2 aromatic heterocycles. The number of aryl methyl sites for hydroxylation is 1. The number of benzene rings is 2. The summed E-state index contributed by atoms with van der Waals surface area (Å²) in [5.41, 5.74) is 1.04. The Bertz CT molecular complexity index is 1910. The third kappa shape index (κ3) is 6.42. The first-order chi connectivity index (χ1) is 22.8. The van der Waals surface area contributed by atoms with Gasteiger partial charge in [-0.3, -0.25) is 19.6 Å². The topological polar surface area (TPSA) is 102 Å². The zero-order chi connectivity index (χ0) is 32.5. The van der Waals surface area contributed by atoms with Gasteiger partial charge in [0.2, 0.25) is 5.91 Å². The van der Waals surface area contributed by atoms with Crippen LogP contribution in [0.1, 0.15) is 46.1 Å². The summed E-state index contributed by atoms with van der Waals surface area (Å²) in [4.78, 5) is 47.7. The summed E-state index contributed by atoms with van der Waals surface area (Å²) in [6.07, 6.45) is 5.16. The van der Waals surface area contributed by atoms with Crippen LogP contribution in [0, 0.1) is 18.7 Å². The van der Waals surface area contributed by atoms with Crippen molar-refractivity contribution in [2.45, 2.75) is 37.7 Å². The highest BCUT2D eigenvalue weighted by Crippen LogP contribution is 2.37. The van der Waals surface area contributed by atoms with Crippen LogP contribution in [0.3, 0.4) is 0 Å². The molecule has 3 aliphatic rings. The van der Waals surface area contributed by atoms with E-state index in [1.807, 2.05) is 63.4 Å². The van der Waals surface area contributed by atoms with E-state index in [1.54, 1.807) is 31.3 Å². The summed E-state index contributed by atoms with van der Waals surface area (Å²) in [6.45, 7) is 4.44. The normalized spacial score (nSPS) is 20.6. The lowest BCUT2D eigenvalue weighted by molar-refractivity contribution is -0.142. The van der Waals surface area contributed by atoms with Crippen molar-refractivity contribution in [1.29, 1.82) is 0 Å². The Morgan fingerprint density at radius 3 is 2.55 bits per heavy atom. The fourth-order valence-corrected chi connectivity index (χ4v) is 8.05. The number of β-amino-alcohol motifs (C(OH)–C–C–N with tert-alkyl or cyclic N) is 1. The van der Waals surface area contributed by atoms with Gasteiger partial charge in [-0.2, -0.15) is 0 Å². The number of hydrogen-bond donors (Lipinski definition) is 1. The minimum Gasteiger partial charge on any atom is -0.388 e. The van der Waals surface area contributed by atoms with Crippen molar-refractivity contribution >= 4 is 29.4 Å². The molecule has 0 spiro atoms. The van der Waals surface area contributed by atoms with Gasteiger partial charge in [0, 0.05) is 62.5 Å². The fraction of sp³-hybridized carbons (Fsp3) is 0.361. The predicted octanol–water partition coefficient (Wildman–Crippen LogP) is 3.58. The average molecular weight is 653 g/mol. The van der Waals surface area contributed by atoms with Gasteiger partial charge >= 0.3 is 0 Å². The number of rotatable bonds is 6. The molecule has 2 amide bonds. The Morgan fingerprint density at radius 2 is 1.77 bits per heavy atom. The molecule has 11 heteroatoms. The van der Waals surface area contributed by atoms with Gasteiger partial charge in [-0.05, 0) is 56.0 Å². The number of nitrogens with zero attached hydrogens (tertiary/aromatic N) is 6. The maximum absolute atomic E-state index is 14.5. The summed E-state index contributed by atoms with van der Waals surface area (Å²) < 4.78 is 14.5. The minimum atomic E-state index is -0.933. The van der Waals surface area contributed by atoms with E-state index in [-0.39, 0.29) is 29.5 Å². The quantitative estimate of drug-likeness (QED) is 0.342. The third-order valence-electron chi connectivity index (χ3n) is 9.59. The first-order valence-electron chi connectivity index (χ1n) is 16.1. The Kier molecular flexibility index (Phi) is 8.59. The molecule has 2 atom stereocenters. The predicted molar refractivity (Wildman–Crippen MR) is 177 cm³/mol. The molecule has 7 rings (SSSR count). The van der Waals surface area contributed by atoms with Crippen LogP contribution in [0.5, 0.6) is 0 Å². The van der Waals surface area contributed by atoms with E-state index in [1.165, 1.54) is 17.4 Å². The number of thiazole rings is 1. The van der Waals surface area contributed by atoms with Crippen LogP contribution in [0.4, 0.5) is 4.39 Å². The van der Waals surface area contributed by atoms with Crippen molar-refractivity contribution in [3.63, 3.8) is 0 Å². The number of carbonyl (C=O) groups excluding carboxylic acids is 2. The summed E-state index contributed by atoms with van der Waals surface area (Å²) >= 11 is 1.21. The number of amides is 2. The Labute approximate surface area is 276 Å². The van der Waals surface area contributed by atoms with E-state index in [4.69, 9.17) is 0 Å². The Balaban J connectivity index is 1.04. The van der Waals surface area contributed by atoms with Crippen molar-refractivity contribution in [2.75, 3.05) is 39.4 Å². The molecule has 47 heavy (non-hydrogen) atoms. The number of fused-ring (bicyclic) bond motifs is 1. The molecule has 2 saturated heterocycles. The van der Waals surface area contributed by atoms with Crippen molar-refractivity contribution in [3.8, 4) is 10.6 Å². The Hall–Kier alpha value is -4.48. The highest BCUT2D eigenvalue weighted by atomic mass is 32.1. The maximum Gasteiger partial charge on any atom is 0.265 e. The van der Waals surface area contributed by atoms with Gasteiger partial charge in [-0.15, -0.1) is 11.3 Å². The molecule has 3 aliphatic heterocycles. The molecule has 4 aromatic rings. The molecule has 9 nitrogen and oxygen atoms in total. The lowest BCUT2D eigenvalue weighted by atomic mass is 9.79. The second-order valence-electron chi connectivity index (χ2n) is 12.7. The average Bonchev–Trinajstić information content (AvgIpc) is 3.49. The van der Waals surface area contributed by atoms with Crippen molar-refractivity contribution in [1.82, 2.24) is 24.7 Å². The van der Waals surface area contributed by atoms with Crippen LogP contribution in [-0.2, 0) is 4.79 Å². The monoisotopic (exact) mass is 652 g/mol. The van der Waals surface area contributed by atoms with Gasteiger partial charge in [0.05, 0.1) is 16.7 Å². The van der Waals surface area contributed by atoms with Crippen LogP contribution in [0.2, 0.25) is 0 Å². The van der Waals surface area contributed by atoms with Gasteiger partial charge in [0.15, 0.2) is 0 Å². The first kappa shape index (κ1) is 31.1. The molecule has 5 heterocycles. The zero-order valence-electron chi connectivity index (χ0n) is 26.3. The smallest absolute Gasteiger partial charge is 0.265 e. The second-order valence-corrected chi connectivity index (χ2v) is 13.7. The Morgan fingerprint density at radius 1 is 1.00 bits per heavy atom. The molecular formula is C36H37FN6O3S. The zero-order valence-corrected chi connectivity index (χ0v) is 27.1. The van der Waals surface area contributed by atoms with E-state index < -0.39 is 5.60 Å². The minimum absolute atomic E-state index is 0.0708. The van der Waals surface area contributed by atoms with Crippen molar-refractivity contribution in [2.24, 2.45) is 10.9 Å². The molecule has 1 N–H and O–H groups in total. The van der Waals surface area contributed by atoms with Crippen molar-refractivity contribution in [3.05, 3.63) is 106 Å². The van der Waals surface area contributed by atoms with Gasteiger partial charge in [-0.25, -0.2) is 9.37 Å². The van der Waals surface area contributed by atoms with E-state index in [9.17, 15) is 19.1 Å². The highest BCUT2D eigenvalue weighted by Gasteiger charge is 2.42. The van der Waals surface area contributed by atoms with E-state index in [0.717, 1.165) is 16.3 Å². The number of pyridine rings is 1. The number of piperidine rings is 2. The largest absolute Gasteiger partial charge is 0.388 e. The lowest BCUT2D eigenvalue weighted by Crippen LogP contribution is -2.55. The van der Waals surface area contributed by atoms with E-state index in [2.05, 4.69) is 15.0 Å². The van der Waals surface area contributed by atoms with Gasteiger partial charge in [0.1, 0.15) is 27.7 Å². The molecule has 0 bridgehead atoms. The van der Waals surface area contributed by atoms with Crippen LogP contribution >= 0.6 is 11.3 Å². The summed E-state index contributed by atoms with van der Waals surface area (Å²) in [7, 11) is 0. The molecule has 2 fully saturated rings. The maximum atomic E-state index is 14.5. The molecular weight excluding hydrogens is 616 g/mol. The van der Waals surface area contributed by atoms with Crippen LogP contribution in [-0.4, -0.2) is 86.6 Å². The molecule has 0 unspecified atom stereocenters. The number of hydrogen-bond acceptors (Lipinski definition) is 8. The lowest BCUT2D eigenvalue weighted by Gasteiger charge is -2.44. The number of likely N-dealkylation sites (tertiary alicyclic amines) is 2. The number of aliphatic hydroxyl groups is 1. The number of aromatic nitrogens is 2. The third-order valence-corrected chi connectivity index (χ3v) is 10.8. The van der Waals surface area contributed by atoms with Crippen LogP contribution in [0.15, 0.2) is 77.9 Å². The van der Waals surface area contributed by atoms with Crippen LogP contribution < -0.4 is 10.7 Å². The van der Waals surface area contributed by atoms with Crippen molar-refractivity contribution < 1.29 is 19.1 Å². The molecule has 242 valence electrons. The summed E-state index contributed by atoms with van der Waals surface area (Å²) in [5, 5.41) is 13.6. The van der Waals surface area contributed by atoms with Gasteiger partial charge in [0.25, 0.3) is 5.91 Å². The number of carbonyl (C=O) groups is 2. The van der Waals surface area contributed by atoms with Gasteiger partial charge < -0.3 is 19.8 Å². The van der Waals surface area contributed by atoms with Gasteiger partial charge in [-0.1, -0.05) is 42.5 Å². The summed E-state index contributed by atoms with van der Waals surface area (Å²) in [5.74, 6) is -0.916. The van der Waals surface area contributed by atoms with E-state index >= 15 is 0 Å². The SMILES string of the molecule is Cc1nc(-c2ccccc2F)sc1C(=O)N1CC[C@@H](C(=O)N2CCC(O)(CN3C=c4ncccc4=NC3)CC2)[C@H](c2ccccc2)C1.